The minimum atomic E-state index is -0.139. The molecular weight excluding hydrogens is 276 g/mol. The summed E-state index contributed by atoms with van der Waals surface area (Å²) >= 11 is 0. The van der Waals surface area contributed by atoms with Crippen molar-refractivity contribution in [3.63, 3.8) is 0 Å². The van der Waals surface area contributed by atoms with E-state index >= 15 is 0 Å². The van der Waals surface area contributed by atoms with Gasteiger partial charge in [0.05, 0.1) is 24.7 Å². The minimum Gasteiger partial charge on any atom is -0.493 e. The Kier molecular flexibility index (Phi) is 5.16. The zero-order chi connectivity index (χ0) is 15.9. The van der Waals surface area contributed by atoms with Crippen molar-refractivity contribution in [1.82, 2.24) is 0 Å². The maximum atomic E-state index is 11.9. The Morgan fingerprint density at radius 2 is 2.05 bits per heavy atom. The maximum Gasteiger partial charge on any atom is 0.227 e. The standard InChI is InChI=1S/C18H18N2O2/c1-13-6-7-14(2)17(10-13)22-9-8-18(21)20-16-5-3-4-15(11-16)12-19/h3-7,10-11H,8-9H2,1-2H3,(H,20,21). The quantitative estimate of drug-likeness (QED) is 0.916. The Morgan fingerprint density at radius 1 is 1.23 bits per heavy atom. The topological polar surface area (TPSA) is 62.1 Å². The van der Waals surface area contributed by atoms with E-state index in [4.69, 9.17) is 10.00 Å². The van der Waals surface area contributed by atoms with Gasteiger partial charge in [-0.1, -0.05) is 18.2 Å². The molecule has 0 unspecified atom stereocenters. The van der Waals surface area contributed by atoms with Gasteiger partial charge in [-0.05, 0) is 49.2 Å². The molecule has 4 nitrogen and oxygen atoms in total. The van der Waals surface area contributed by atoms with Crippen molar-refractivity contribution in [3.8, 4) is 11.8 Å². The summed E-state index contributed by atoms with van der Waals surface area (Å²) in [6.45, 7) is 4.29. The molecule has 2 aromatic rings. The first-order valence-corrected chi connectivity index (χ1v) is 7.08. The number of carbonyl (C=O) groups excluding carboxylic acids is 1. The van der Waals surface area contributed by atoms with Gasteiger partial charge in [-0.2, -0.15) is 5.26 Å². The molecule has 0 heterocycles. The van der Waals surface area contributed by atoms with Crippen LogP contribution in [0.5, 0.6) is 5.75 Å². The molecule has 22 heavy (non-hydrogen) atoms. The van der Waals surface area contributed by atoms with Crippen molar-refractivity contribution in [2.45, 2.75) is 20.3 Å². The molecule has 0 aliphatic carbocycles. The molecule has 4 heteroatoms. The number of ether oxygens (including phenoxy) is 1. The van der Waals surface area contributed by atoms with Gasteiger partial charge in [-0.25, -0.2) is 0 Å². The van der Waals surface area contributed by atoms with Gasteiger partial charge in [0.1, 0.15) is 5.75 Å². The molecule has 0 saturated heterocycles. The Hall–Kier alpha value is -2.80. The van der Waals surface area contributed by atoms with E-state index in [1.807, 2.05) is 38.1 Å². The normalized spacial score (nSPS) is 9.86. The minimum absolute atomic E-state index is 0.139. The summed E-state index contributed by atoms with van der Waals surface area (Å²) < 4.78 is 5.66. The van der Waals surface area contributed by atoms with Crippen LogP contribution in [0, 0.1) is 25.2 Å². The SMILES string of the molecule is Cc1ccc(C)c(OCCC(=O)Nc2cccc(C#N)c2)c1. The third kappa shape index (κ3) is 4.35. The van der Waals surface area contributed by atoms with Crippen molar-refractivity contribution < 1.29 is 9.53 Å². The van der Waals surface area contributed by atoms with Crippen molar-refractivity contribution in [2.75, 3.05) is 11.9 Å². The number of nitrogens with zero attached hydrogens (tertiary/aromatic N) is 1. The zero-order valence-corrected chi connectivity index (χ0v) is 12.7. The van der Waals surface area contributed by atoms with Crippen molar-refractivity contribution in [2.24, 2.45) is 0 Å². The second-order valence-corrected chi connectivity index (χ2v) is 5.11. The van der Waals surface area contributed by atoms with E-state index in [1.54, 1.807) is 24.3 Å². The van der Waals surface area contributed by atoms with Gasteiger partial charge in [-0.15, -0.1) is 0 Å². The first-order chi connectivity index (χ1) is 10.6. The average molecular weight is 294 g/mol. The number of carbonyl (C=O) groups is 1. The Balaban J connectivity index is 1.85. The average Bonchev–Trinajstić information content (AvgIpc) is 2.51. The van der Waals surface area contributed by atoms with Crippen LogP contribution >= 0.6 is 0 Å². The fourth-order valence-corrected chi connectivity index (χ4v) is 2.01. The van der Waals surface area contributed by atoms with Crippen molar-refractivity contribution in [3.05, 3.63) is 59.2 Å². The molecule has 1 N–H and O–H groups in total. The molecule has 0 atom stereocenters. The zero-order valence-electron chi connectivity index (χ0n) is 12.7. The lowest BCUT2D eigenvalue weighted by Crippen LogP contribution is -2.15. The van der Waals surface area contributed by atoms with E-state index < -0.39 is 0 Å². The van der Waals surface area contributed by atoms with Gasteiger partial charge >= 0.3 is 0 Å². The van der Waals surface area contributed by atoms with Crippen LogP contribution in [-0.4, -0.2) is 12.5 Å². The van der Waals surface area contributed by atoms with Crippen LogP contribution in [0.3, 0.4) is 0 Å². The van der Waals surface area contributed by atoms with Crippen LogP contribution in [0.25, 0.3) is 0 Å². The number of hydrogen-bond donors (Lipinski definition) is 1. The van der Waals surface area contributed by atoms with E-state index in [0.29, 0.717) is 17.9 Å². The summed E-state index contributed by atoms with van der Waals surface area (Å²) in [4.78, 5) is 11.9. The molecule has 1 amide bonds. The predicted octanol–water partition coefficient (Wildman–Crippen LogP) is 3.58. The van der Waals surface area contributed by atoms with Crippen LogP contribution < -0.4 is 10.1 Å². The maximum absolute atomic E-state index is 11.9. The molecule has 0 bridgehead atoms. The van der Waals surface area contributed by atoms with Gasteiger partial charge in [0, 0.05) is 5.69 Å². The highest BCUT2D eigenvalue weighted by molar-refractivity contribution is 5.90. The fraction of sp³-hybridized carbons (Fsp3) is 0.222. The van der Waals surface area contributed by atoms with Crippen LogP contribution in [0.4, 0.5) is 5.69 Å². The van der Waals surface area contributed by atoms with Gasteiger partial charge in [-0.3, -0.25) is 4.79 Å². The van der Waals surface area contributed by atoms with Crippen LogP contribution in [0.1, 0.15) is 23.1 Å². The lowest BCUT2D eigenvalue weighted by molar-refractivity contribution is -0.116. The number of rotatable bonds is 5. The number of benzene rings is 2. The Labute approximate surface area is 130 Å². The van der Waals surface area contributed by atoms with Crippen LogP contribution in [-0.2, 0) is 4.79 Å². The van der Waals surface area contributed by atoms with E-state index in [2.05, 4.69) is 5.32 Å². The molecule has 0 aliphatic heterocycles. The lowest BCUT2D eigenvalue weighted by Gasteiger charge is -2.10. The largest absolute Gasteiger partial charge is 0.493 e. The summed E-state index contributed by atoms with van der Waals surface area (Å²) in [5.74, 6) is 0.666. The van der Waals surface area contributed by atoms with Gasteiger partial charge < -0.3 is 10.1 Å². The van der Waals surface area contributed by atoms with Gasteiger partial charge in [0.25, 0.3) is 0 Å². The molecule has 2 rings (SSSR count). The lowest BCUT2D eigenvalue weighted by atomic mass is 10.1. The summed E-state index contributed by atoms with van der Waals surface area (Å²) in [7, 11) is 0. The molecule has 0 spiro atoms. The van der Waals surface area contributed by atoms with Crippen molar-refractivity contribution >= 4 is 11.6 Å². The number of nitrogens with one attached hydrogen (secondary N) is 1. The fourth-order valence-electron chi connectivity index (χ4n) is 2.01. The number of nitriles is 1. The molecule has 2 aromatic carbocycles. The Bertz CT molecular complexity index is 717. The van der Waals surface area contributed by atoms with Crippen LogP contribution in [0.15, 0.2) is 42.5 Å². The molecule has 0 aliphatic rings. The smallest absolute Gasteiger partial charge is 0.227 e. The first kappa shape index (κ1) is 15.6. The van der Waals surface area contributed by atoms with Gasteiger partial charge in [0.15, 0.2) is 0 Å². The van der Waals surface area contributed by atoms with E-state index in [-0.39, 0.29) is 12.3 Å². The van der Waals surface area contributed by atoms with Crippen LogP contribution in [0.2, 0.25) is 0 Å². The molecule has 112 valence electrons. The Morgan fingerprint density at radius 3 is 2.82 bits per heavy atom. The van der Waals surface area contributed by atoms with Gasteiger partial charge in [0.2, 0.25) is 5.91 Å². The summed E-state index contributed by atoms with van der Waals surface area (Å²) in [5.41, 5.74) is 3.31. The highest BCUT2D eigenvalue weighted by Crippen LogP contribution is 2.19. The third-order valence-electron chi connectivity index (χ3n) is 3.21. The van der Waals surface area contributed by atoms with E-state index in [0.717, 1.165) is 16.9 Å². The second kappa shape index (κ2) is 7.28. The summed E-state index contributed by atoms with van der Waals surface area (Å²) in [6.07, 6.45) is 0.254. The molecule has 0 radical (unpaired) electrons. The third-order valence-corrected chi connectivity index (χ3v) is 3.21. The summed E-state index contributed by atoms with van der Waals surface area (Å²) in [5, 5.41) is 11.6. The number of hydrogen-bond acceptors (Lipinski definition) is 3. The highest BCUT2D eigenvalue weighted by atomic mass is 16.5. The number of anilines is 1. The molecule has 0 saturated carbocycles. The molecule has 0 fully saturated rings. The number of amides is 1. The monoisotopic (exact) mass is 294 g/mol. The molecular formula is C18H18N2O2. The second-order valence-electron chi connectivity index (χ2n) is 5.11. The first-order valence-electron chi connectivity index (χ1n) is 7.08. The highest BCUT2D eigenvalue weighted by Gasteiger charge is 2.05. The van der Waals surface area contributed by atoms with Crippen molar-refractivity contribution in [1.29, 1.82) is 5.26 Å². The number of aryl methyl sites for hydroxylation is 2. The van der Waals surface area contributed by atoms with E-state index in [9.17, 15) is 4.79 Å². The summed E-state index contributed by atoms with van der Waals surface area (Å²) in [6, 6.07) is 14.9. The predicted molar refractivity (Wildman–Crippen MR) is 85.8 cm³/mol. The molecule has 0 aromatic heterocycles. The van der Waals surface area contributed by atoms with E-state index in [1.165, 1.54) is 0 Å².